The van der Waals surface area contributed by atoms with Gasteiger partial charge in [-0.3, -0.25) is 9.48 Å². The summed E-state index contributed by atoms with van der Waals surface area (Å²) in [6.45, 7) is 9.36. The number of aromatic nitrogens is 4. The Bertz CT molecular complexity index is 2440. The van der Waals surface area contributed by atoms with E-state index in [1.807, 2.05) is 64.3 Å². The van der Waals surface area contributed by atoms with Gasteiger partial charge in [-0.05, 0) is 87.6 Å². The lowest BCUT2D eigenvalue weighted by molar-refractivity contribution is 0.0687. The first kappa shape index (κ1) is 37.3. The van der Waals surface area contributed by atoms with Crippen LogP contribution in [-0.4, -0.2) is 69.4 Å². The van der Waals surface area contributed by atoms with Crippen LogP contribution in [-0.2, 0) is 25.3 Å². The van der Waals surface area contributed by atoms with Crippen LogP contribution in [0.2, 0.25) is 10.0 Å². The van der Waals surface area contributed by atoms with Gasteiger partial charge < -0.3 is 33.4 Å². The highest BCUT2D eigenvalue weighted by molar-refractivity contribution is 6.35. The van der Waals surface area contributed by atoms with E-state index in [4.69, 9.17) is 37.4 Å². The highest BCUT2D eigenvalue weighted by atomic mass is 35.5. The second kappa shape index (κ2) is 14.7. The number of aryl methyl sites for hydroxylation is 6. The lowest BCUT2D eigenvalue weighted by atomic mass is 10.00. The second-order valence-electron chi connectivity index (χ2n) is 14.0. The van der Waals surface area contributed by atoms with Gasteiger partial charge in [0.25, 0.3) is 5.91 Å². The Morgan fingerprint density at radius 1 is 0.963 bits per heavy atom. The second-order valence-corrected chi connectivity index (χ2v) is 14.8. The molecule has 1 aliphatic rings. The molecule has 0 saturated heterocycles. The standard InChI is InChI=1S/C41H43Cl2N5O6/c1-22-15-27(16-23(2)36(22)43)53-12-8-9-29-30-10-11-32(42)35(31-21-45(5)44-25(31)4)38(30)48-24(3)20-47(40(49)39(29)48)33-19-28(54-14-13-52-7)17-26-18-34(41(50)51)46(6)37(26)33/h10-11,15-19,21,24H,8-9,12-14,20H2,1-7H3,(H,50,51)/t24-/m1/s1. The quantitative estimate of drug-likeness (QED) is 0.124. The molecule has 0 aliphatic carbocycles. The summed E-state index contributed by atoms with van der Waals surface area (Å²) in [5.74, 6) is -0.0176. The molecule has 0 unspecified atom stereocenters. The van der Waals surface area contributed by atoms with Crippen LogP contribution in [0.15, 0.2) is 48.7 Å². The number of halogens is 2. The Morgan fingerprint density at radius 3 is 2.33 bits per heavy atom. The van der Waals surface area contributed by atoms with Crippen molar-refractivity contribution in [2.45, 2.75) is 46.6 Å². The molecule has 1 aliphatic heterocycles. The molecule has 11 nitrogen and oxygen atoms in total. The SMILES string of the molecule is COCCOc1cc(N2C[C@@H](C)n3c(c(CCCOc4cc(C)c(Cl)c(C)c4)c4ccc(Cl)c(-c5cn(C)nc5C)c43)C2=O)c2c(c1)cc(C(=O)O)n2C. The molecule has 1 N–H and O–H groups in total. The van der Waals surface area contributed by atoms with Crippen molar-refractivity contribution in [2.75, 3.05) is 38.4 Å². The molecule has 1 atom stereocenters. The predicted octanol–water partition coefficient (Wildman–Crippen LogP) is 8.72. The van der Waals surface area contributed by atoms with Crippen LogP contribution in [0, 0.1) is 20.8 Å². The van der Waals surface area contributed by atoms with Crippen molar-refractivity contribution >= 4 is 62.6 Å². The highest BCUT2D eigenvalue weighted by Crippen LogP contribution is 2.45. The molecular formula is C41H43Cl2N5O6. The molecule has 282 valence electrons. The van der Waals surface area contributed by atoms with E-state index in [0.717, 1.165) is 55.2 Å². The maximum absolute atomic E-state index is 15.2. The summed E-state index contributed by atoms with van der Waals surface area (Å²) in [5, 5.41) is 17.5. The fourth-order valence-corrected chi connectivity index (χ4v) is 8.22. The van der Waals surface area contributed by atoms with E-state index in [1.54, 1.807) is 40.4 Å². The van der Waals surface area contributed by atoms with Crippen LogP contribution in [0.4, 0.5) is 5.69 Å². The minimum atomic E-state index is -1.07. The van der Waals surface area contributed by atoms with Gasteiger partial charge in [-0.25, -0.2) is 4.79 Å². The molecule has 4 heterocycles. The Morgan fingerprint density at radius 2 is 1.67 bits per heavy atom. The van der Waals surface area contributed by atoms with Crippen LogP contribution in [0.1, 0.15) is 62.7 Å². The summed E-state index contributed by atoms with van der Waals surface area (Å²) in [6, 6.07) is 12.8. The first-order valence-corrected chi connectivity index (χ1v) is 18.6. The summed E-state index contributed by atoms with van der Waals surface area (Å²) >= 11 is 13.4. The Kier molecular flexibility index (Phi) is 10.2. The van der Waals surface area contributed by atoms with Crippen LogP contribution in [0.3, 0.4) is 0 Å². The van der Waals surface area contributed by atoms with E-state index >= 15 is 4.79 Å². The molecular weight excluding hydrogens is 729 g/mol. The predicted molar refractivity (Wildman–Crippen MR) is 212 cm³/mol. The van der Waals surface area contributed by atoms with E-state index < -0.39 is 5.97 Å². The average molecular weight is 773 g/mol. The fraction of sp³-hybridized carbons (Fsp3) is 0.341. The van der Waals surface area contributed by atoms with Gasteiger partial charge in [0.2, 0.25) is 0 Å². The van der Waals surface area contributed by atoms with Gasteiger partial charge >= 0.3 is 5.97 Å². The highest BCUT2D eigenvalue weighted by Gasteiger charge is 2.38. The first-order chi connectivity index (χ1) is 25.8. The number of nitrogens with zero attached hydrogens (tertiary/aromatic N) is 5. The van der Waals surface area contributed by atoms with Gasteiger partial charge in [-0.1, -0.05) is 29.3 Å². The first-order valence-electron chi connectivity index (χ1n) is 17.9. The third-order valence-electron chi connectivity index (χ3n) is 10.2. The number of rotatable bonds is 12. The molecule has 0 bridgehead atoms. The van der Waals surface area contributed by atoms with Crippen LogP contribution in [0.25, 0.3) is 32.9 Å². The van der Waals surface area contributed by atoms with Crippen molar-refractivity contribution < 1.29 is 28.9 Å². The van der Waals surface area contributed by atoms with Crippen LogP contribution >= 0.6 is 23.2 Å². The molecule has 13 heteroatoms. The van der Waals surface area contributed by atoms with Crippen molar-refractivity contribution in [2.24, 2.45) is 14.1 Å². The van der Waals surface area contributed by atoms with Crippen LogP contribution in [0.5, 0.6) is 11.5 Å². The maximum Gasteiger partial charge on any atom is 0.352 e. The van der Waals surface area contributed by atoms with Gasteiger partial charge in [0, 0.05) is 73.0 Å². The van der Waals surface area contributed by atoms with Gasteiger partial charge in [0.05, 0.1) is 40.7 Å². The lowest BCUT2D eigenvalue weighted by Gasteiger charge is -2.35. The molecule has 0 fully saturated rings. The summed E-state index contributed by atoms with van der Waals surface area (Å²) in [5.41, 5.74) is 8.05. The van der Waals surface area contributed by atoms with Crippen molar-refractivity contribution in [3.8, 4) is 22.6 Å². The van der Waals surface area contributed by atoms with Crippen molar-refractivity contribution in [3.05, 3.63) is 92.5 Å². The molecule has 0 spiro atoms. The summed E-state index contributed by atoms with van der Waals surface area (Å²) in [7, 11) is 5.18. The number of aromatic carboxylic acids is 1. The van der Waals surface area contributed by atoms with Crippen molar-refractivity contribution in [3.63, 3.8) is 0 Å². The molecule has 1 amide bonds. The van der Waals surface area contributed by atoms with Crippen molar-refractivity contribution in [1.29, 1.82) is 0 Å². The number of carboxylic acid groups (broad SMARTS) is 1. The normalized spacial score (nSPS) is 14.4. The summed E-state index contributed by atoms with van der Waals surface area (Å²) in [6.07, 6.45) is 3.14. The molecule has 6 aromatic rings. The molecule has 7 rings (SSSR count). The number of carbonyl (C=O) groups excluding carboxylic acids is 1. The molecule has 3 aromatic heterocycles. The lowest BCUT2D eigenvalue weighted by Crippen LogP contribution is -2.43. The van der Waals surface area contributed by atoms with E-state index in [1.165, 1.54) is 0 Å². The number of fused-ring (bicyclic) bond motifs is 4. The Hall–Kier alpha value is -4.97. The molecule has 54 heavy (non-hydrogen) atoms. The van der Waals surface area contributed by atoms with Gasteiger partial charge in [-0.15, -0.1) is 0 Å². The number of amides is 1. The van der Waals surface area contributed by atoms with E-state index in [9.17, 15) is 9.90 Å². The smallest absolute Gasteiger partial charge is 0.352 e. The largest absolute Gasteiger partial charge is 0.494 e. The summed E-state index contributed by atoms with van der Waals surface area (Å²) in [4.78, 5) is 29.2. The zero-order valence-corrected chi connectivity index (χ0v) is 32.9. The number of methoxy groups -OCH3 is 1. The monoisotopic (exact) mass is 771 g/mol. The maximum atomic E-state index is 15.2. The Balaban J connectivity index is 1.38. The molecule has 0 radical (unpaired) electrons. The number of carbonyl (C=O) groups is 2. The van der Waals surface area contributed by atoms with E-state index in [-0.39, 0.29) is 24.2 Å². The van der Waals surface area contributed by atoms with Crippen LogP contribution < -0.4 is 14.4 Å². The summed E-state index contributed by atoms with van der Waals surface area (Å²) < 4.78 is 23.0. The number of hydrogen-bond acceptors (Lipinski definition) is 6. The van der Waals surface area contributed by atoms with Crippen molar-refractivity contribution in [1.82, 2.24) is 18.9 Å². The minimum absolute atomic E-state index is 0.102. The number of anilines is 1. The number of hydrogen-bond donors (Lipinski definition) is 1. The van der Waals surface area contributed by atoms with Gasteiger partial charge in [0.15, 0.2) is 0 Å². The van der Waals surface area contributed by atoms with E-state index in [2.05, 4.69) is 16.6 Å². The van der Waals surface area contributed by atoms with Gasteiger partial charge in [0.1, 0.15) is 29.5 Å². The Labute approximate surface area is 323 Å². The topological polar surface area (TPSA) is 113 Å². The number of ether oxygens (including phenoxy) is 3. The molecule has 0 saturated carbocycles. The third kappa shape index (κ3) is 6.48. The third-order valence-corrected chi connectivity index (χ3v) is 11.1. The minimum Gasteiger partial charge on any atom is -0.494 e. The number of carboxylic acids is 1. The molecule has 3 aromatic carbocycles. The fourth-order valence-electron chi connectivity index (χ4n) is 7.86. The van der Waals surface area contributed by atoms with E-state index in [0.29, 0.717) is 65.7 Å². The average Bonchev–Trinajstić information content (AvgIpc) is 3.76. The van der Waals surface area contributed by atoms with Gasteiger partial charge in [-0.2, -0.15) is 5.10 Å². The zero-order valence-electron chi connectivity index (χ0n) is 31.4. The number of benzene rings is 3. The zero-order chi connectivity index (χ0) is 38.6.